The Morgan fingerprint density at radius 3 is 2.39 bits per heavy atom. The SMILES string of the molecule is CCC(CC)CNCC(O)c1ccc(F)cc1F. The van der Waals surface area contributed by atoms with Gasteiger partial charge in [-0.1, -0.05) is 32.8 Å². The van der Waals surface area contributed by atoms with E-state index in [2.05, 4.69) is 19.2 Å². The highest BCUT2D eigenvalue weighted by atomic mass is 19.1. The lowest BCUT2D eigenvalue weighted by Gasteiger charge is -2.16. The van der Waals surface area contributed by atoms with E-state index in [1.54, 1.807) is 0 Å². The molecule has 2 N–H and O–H groups in total. The first kappa shape index (κ1) is 15.1. The summed E-state index contributed by atoms with van der Waals surface area (Å²) < 4.78 is 26.1. The molecule has 0 amide bonds. The number of aliphatic hydroxyl groups is 1. The molecule has 0 saturated heterocycles. The zero-order chi connectivity index (χ0) is 13.5. The Bertz CT molecular complexity index is 367. The van der Waals surface area contributed by atoms with Crippen LogP contribution < -0.4 is 5.32 Å². The van der Waals surface area contributed by atoms with Crippen LogP contribution in [0.1, 0.15) is 38.4 Å². The molecule has 0 aliphatic rings. The predicted molar refractivity (Wildman–Crippen MR) is 68.3 cm³/mol. The number of benzene rings is 1. The van der Waals surface area contributed by atoms with E-state index in [1.807, 2.05) is 0 Å². The van der Waals surface area contributed by atoms with E-state index < -0.39 is 17.7 Å². The van der Waals surface area contributed by atoms with Crippen LogP contribution in [0, 0.1) is 17.6 Å². The molecule has 0 heterocycles. The molecule has 1 aromatic carbocycles. The molecule has 0 bridgehead atoms. The minimum Gasteiger partial charge on any atom is -0.387 e. The lowest BCUT2D eigenvalue weighted by molar-refractivity contribution is 0.167. The monoisotopic (exact) mass is 257 g/mol. The molecule has 0 aromatic heterocycles. The van der Waals surface area contributed by atoms with Crippen LogP contribution in [0.15, 0.2) is 18.2 Å². The predicted octanol–water partition coefficient (Wildman–Crippen LogP) is 3.02. The van der Waals surface area contributed by atoms with Crippen LogP contribution in [-0.2, 0) is 0 Å². The third kappa shape index (κ3) is 4.35. The summed E-state index contributed by atoms with van der Waals surface area (Å²) in [5, 5.41) is 12.9. The quantitative estimate of drug-likeness (QED) is 0.787. The normalized spacial score (nSPS) is 13.0. The van der Waals surface area contributed by atoms with Gasteiger partial charge in [-0.2, -0.15) is 0 Å². The Labute approximate surface area is 107 Å². The van der Waals surface area contributed by atoms with Crippen molar-refractivity contribution in [3.63, 3.8) is 0 Å². The molecule has 1 rings (SSSR count). The molecule has 1 atom stereocenters. The number of halogens is 2. The van der Waals surface area contributed by atoms with E-state index in [1.165, 1.54) is 6.07 Å². The first-order valence-corrected chi connectivity index (χ1v) is 6.42. The molecule has 0 saturated carbocycles. The second kappa shape index (κ2) is 7.44. The summed E-state index contributed by atoms with van der Waals surface area (Å²) in [5.41, 5.74) is 0.133. The summed E-state index contributed by atoms with van der Waals surface area (Å²) in [6, 6.07) is 3.23. The smallest absolute Gasteiger partial charge is 0.131 e. The van der Waals surface area contributed by atoms with Crippen molar-refractivity contribution >= 4 is 0 Å². The van der Waals surface area contributed by atoms with Gasteiger partial charge in [-0.15, -0.1) is 0 Å². The van der Waals surface area contributed by atoms with Crippen molar-refractivity contribution in [2.24, 2.45) is 5.92 Å². The molecular formula is C14H21F2NO. The van der Waals surface area contributed by atoms with Crippen LogP contribution in [0.25, 0.3) is 0 Å². The first-order valence-electron chi connectivity index (χ1n) is 6.42. The van der Waals surface area contributed by atoms with Crippen LogP contribution in [0.5, 0.6) is 0 Å². The summed E-state index contributed by atoms with van der Waals surface area (Å²) in [7, 11) is 0. The molecule has 0 radical (unpaired) electrons. The highest BCUT2D eigenvalue weighted by Crippen LogP contribution is 2.17. The molecule has 4 heteroatoms. The van der Waals surface area contributed by atoms with Crippen molar-refractivity contribution in [1.29, 1.82) is 0 Å². The number of rotatable bonds is 7. The van der Waals surface area contributed by atoms with Crippen molar-refractivity contribution in [3.8, 4) is 0 Å². The summed E-state index contributed by atoms with van der Waals surface area (Å²) in [6.45, 7) is 5.31. The summed E-state index contributed by atoms with van der Waals surface area (Å²) in [5.74, 6) is -0.768. The Morgan fingerprint density at radius 1 is 1.17 bits per heavy atom. The number of aliphatic hydroxyl groups excluding tert-OH is 1. The maximum atomic E-state index is 13.4. The summed E-state index contributed by atoms with van der Waals surface area (Å²) >= 11 is 0. The average Bonchev–Trinajstić information content (AvgIpc) is 2.34. The fourth-order valence-corrected chi connectivity index (χ4v) is 1.88. The van der Waals surface area contributed by atoms with Crippen LogP contribution >= 0.6 is 0 Å². The van der Waals surface area contributed by atoms with Gasteiger partial charge in [0, 0.05) is 18.2 Å². The lowest BCUT2D eigenvalue weighted by Crippen LogP contribution is -2.27. The largest absolute Gasteiger partial charge is 0.387 e. The van der Waals surface area contributed by atoms with E-state index in [4.69, 9.17) is 0 Å². The molecule has 0 aliphatic heterocycles. The van der Waals surface area contributed by atoms with Crippen molar-refractivity contribution in [2.45, 2.75) is 32.8 Å². The second-order valence-corrected chi connectivity index (χ2v) is 4.52. The van der Waals surface area contributed by atoms with Gasteiger partial charge in [-0.25, -0.2) is 8.78 Å². The van der Waals surface area contributed by atoms with Gasteiger partial charge < -0.3 is 10.4 Å². The summed E-state index contributed by atoms with van der Waals surface area (Å²) in [4.78, 5) is 0. The zero-order valence-electron chi connectivity index (χ0n) is 10.9. The van der Waals surface area contributed by atoms with Gasteiger partial charge in [0.25, 0.3) is 0 Å². The fraction of sp³-hybridized carbons (Fsp3) is 0.571. The van der Waals surface area contributed by atoms with Crippen LogP contribution in [0.3, 0.4) is 0 Å². The van der Waals surface area contributed by atoms with Gasteiger partial charge >= 0.3 is 0 Å². The van der Waals surface area contributed by atoms with Gasteiger partial charge in [-0.05, 0) is 18.5 Å². The zero-order valence-corrected chi connectivity index (χ0v) is 10.9. The summed E-state index contributed by atoms with van der Waals surface area (Å²) in [6.07, 6.45) is 1.20. The third-order valence-corrected chi connectivity index (χ3v) is 3.25. The number of hydrogen-bond acceptors (Lipinski definition) is 2. The molecule has 0 fully saturated rings. The maximum Gasteiger partial charge on any atom is 0.131 e. The third-order valence-electron chi connectivity index (χ3n) is 3.25. The highest BCUT2D eigenvalue weighted by Gasteiger charge is 2.13. The number of nitrogens with one attached hydrogen (secondary N) is 1. The highest BCUT2D eigenvalue weighted by molar-refractivity contribution is 5.21. The fourth-order valence-electron chi connectivity index (χ4n) is 1.88. The standard InChI is InChI=1S/C14H21F2NO/c1-3-10(4-2)8-17-9-14(18)12-6-5-11(15)7-13(12)16/h5-7,10,14,17-18H,3-4,8-9H2,1-2H3. The van der Waals surface area contributed by atoms with Crippen LogP contribution in [0.2, 0.25) is 0 Å². The lowest BCUT2D eigenvalue weighted by atomic mass is 10.0. The Kier molecular flexibility index (Phi) is 6.22. The van der Waals surface area contributed by atoms with Crippen molar-refractivity contribution < 1.29 is 13.9 Å². The van der Waals surface area contributed by atoms with E-state index >= 15 is 0 Å². The molecule has 0 spiro atoms. The number of hydrogen-bond donors (Lipinski definition) is 2. The molecule has 0 aliphatic carbocycles. The second-order valence-electron chi connectivity index (χ2n) is 4.52. The molecule has 1 aromatic rings. The molecule has 18 heavy (non-hydrogen) atoms. The van der Waals surface area contributed by atoms with Crippen molar-refractivity contribution in [1.82, 2.24) is 5.32 Å². The Hall–Kier alpha value is -1.00. The van der Waals surface area contributed by atoms with Gasteiger partial charge in [0.15, 0.2) is 0 Å². The van der Waals surface area contributed by atoms with E-state index in [0.29, 0.717) is 5.92 Å². The maximum absolute atomic E-state index is 13.4. The van der Waals surface area contributed by atoms with E-state index in [0.717, 1.165) is 31.5 Å². The van der Waals surface area contributed by atoms with Crippen molar-refractivity contribution in [2.75, 3.05) is 13.1 Å². The minimum atomic E-state index is -0.944. The molecule has 2 nitrogen and oxygen atoms in total. The van der Waals surface area contributed by atoms with Gasteiger partial charge in [-0.3, -0.25) is 0 Å². The topological polar surface area (TPSA) is 32.3 Å². The van der Waals surface area contributed by atoms with Gasteiger partial charge in [0.05, 0.1) is 6.10 Å². The Morgan fingerprint density at radius 2 is 1.83 bits per heavy atom. The van der Waals surface area contributed by atoms with E-state index in [-0.39, 0.29) is 12.1 Å². The van der Waals surface area contributed by atoms with Crippen LogP contribution in [0.4, 0.5) is 8.78 Å². The van der Waals surface area contributed by atoms with E-state index in [9.17, 15) is 13.9 Å². The van der Waals surface area contributed by atoms with Crippen molar-refractivity contribution in [3.05, 3.63) is 35.4 Å². The first-order chi connectivity index (χ1) is 8.58. The minimum absolute atomic E-state index is 0.133. The van der Waals surface area contributed by atoms with Crippen LogP contribution in [-0.4, -0.2) is 18.2 Å². The van der Waals surface area contributed by atoms with Gasteiger partial charge in [0.1, 0.15) is 11.6 Å². The molecule has 102 valence electrons. The molecule has 1 unspecified atom stereocenters. The molecular weight excluding hydrogens is 236 g/mol. The Balaban J connectivity index is 2.47. The van der Waals surface area contributed by atoms with Gasteiger partial charge in [0.2, 0.25) is 0 Å². The average molecular weight is 257 g/mol.